The van der Waals surface area contributed by atoms with Crippen molar-refractivity contribution in [2.24, 2.45) is 5.41 Å². The fourth-order valence-corrected chi connectivity index (χ4v) is 5.28. The molecule has 0 radical (unpaired) electrons. The largest absolute Gasteiger partial charge is 0.353 e. The molecule has 3 N–H and O–H groups in total. The molecule has 6 rings (SSSR count). The number of hydrogen-bond acceptors (Lipinski definition) is 8. The summed E-state index contributed by atoms with van der Waals surface area (Å²) in [4.78, 5) is 34.4. The minimum absolute atomic E-state index is 0.0488. The molecule has 2 aliphatic rings. The summed E-state index contributed by atoms with van der Waals surface area (Å²) in [6, 6.07) is 11.9. The van der Waals surface area contributed by atoms with Gasteiger partial charge >= 0.3 is 0 Å². The van der Waals surface area contributed by atoms with E-state index >= 15 is 0 Å². The fourth-order valence-electron chi connectivity index (χ4n) is 5.28. The van der Waals surface area contributed by atoms with Gasteiger partial charge in [-0.2, -0.15) is 0 Å². The molecule has 1 aromatic carbocycles. The van der Waals surface area contributed by atoms with E-state index in [1.54, 1.807) is 36.8 Å². The lowest BCUT2D eigenvalue weighted by Gasteiger charge is -2.37. The first-order valence-electron chi connectivity index (χ1n) is 14.3. The Hall–Kier alpha value is -4.22. The van der Waals surface area contributed by atoms with Crippen LogP contribution in [0.25, 0.3) is 22.6 Å². The van der Waals surface area contributed by atoms with Crippen LogP contribution in [0.5, 0.6) is 0 Å². The van der Waals surface area contributed by atoms with Crippen LogP contribution in [0.2, 0.25) is 0 Å². The van der Waals surface area contributed by atoms with Crippen molar-refractivity contribution in [3.05, 3.63) is 78.3 Å². The van der Waals surface area contributed by atoms with Gasteiger partial charge in [-0.05, 0) is 61.7 Å². The highest BCUT2D eigenvalue weighted by Gasteiger charge is 2.41. The van der Waals surface area contributed by atoms with Gasteiger partial charge in [0.15, 0.2) is 5.82 Å². The average molecular weight is 572 g/mol. The second-order valence-corrected chi connectivity index (χ2v) is 11.2. The Labute approximate surface area is 243 Å². The van der Waals surface area contributed by atoms with Crippen LogP contribution in [-0.4, -0.2) is 50.1 Å². The normalized spacial score (nSPS) is 21.1. The molecule has 10 nitrogen and oxygen atoms in total. The molecular weight excluding hydrogens is 537 g/mol. The molecule has 4 aromatic rings. The second kappa shape index (κ2) is 12.3. The lowest BCUT2D eigenvalue weighted by atomic mass is 9.89. The van der Waals surface area contributed by atoms with Gasteiger partial charge in [0, 0.05) is 36.7 Å². The Kier molecular flexibility index (Phi) is 8.20. The zero-order valence-corrected chi connectivity index (χ0v) is 23.5. The maximum absolute atomic E-state index is 13.8. The van der Waals surface area contributed by atoms with Gasteiger partial charge in [-0.1, -0.05) is 25.3 Å². The molecule has 1 aliphatic carbocycles. The van der Waals surface area contributed by atoms with E-state index in [2.05, 4.69) is 25.6 Å². The number of pyridine rings is 1. The Morgan fingerprint density at radius 3 is 2.57 bits per heavy atom. The minimum Gasteiger partial charge on any atom is -0.353 e. The summed E-state index contributed by atoms with van der Waals surface area (Å²) in [5, 5.41) is 6.42. The number of ether oxygens (including phenoxy) is 2. The smallest absolute Gasteiger partial charge is 0.230 e. The van der Waals surface area contributed by atoms with Crippen LogP contribution in [0.3, 0.4) is 0 Å². The van der Waals surface area contributed by atoms with Gasteiger partial charge in [-0.3, -0.25) is 9.78 Å². The maximum Gasteiger partial charge on any atom is 0.230 e. The van der Waals surface area contributed by atoms with E-state index in [4.69, 9.17) is 19.4 Å². The van der Waals surface area contributed by atoms with Gasteiger partial charge in [0.1, 0.15) is 5.82 Å². The zero-order chi connectivity index (χ0) is 28.9. The highest BCUT2D eigenvalue weighted by atomic mass is 19.1. The van der Waals surface area contributed by atoms with E-state index < -0.39 is 11.7 Å². The molecule has 4 heterocycles. The first kappa shape index (κ1) is 27.9. The molecule has 0 atom stereocenters. The first-order valence-corrected chi connectivity index (χ1v) is 14.3. The van der Waals surface area contributed by atoms with Gasteiger partial charge in [-0.25, -0.2) is 19.3 Å². The number of rotatable bonds is 8. The SMILES string of the molecule is CC1(C(=O)NC2CCCCC2)COC(c2nc(-c3ccc(F)cc3)c(-c3ccnc(NCc4cccnc4)n3)[nH]2)OC1. The quantitative estimate of drug-likeness (QED) is 0.264. The number of H-pyrrole nitrogens is 1. The van der Waals surface area contributed by atoms with E-state index in [9.17, 15) is 9.18 Å². The van der Waals surface area contributed by atoms with Crippen LogP contribution in [0.1, 0.15) is 56.7 Å². The zero-order valence-electron chi connectivity index (χ0n) is 23.5. The number of imidazole rings is 1. The van der Waals surface area contributed by atoms with Crippen molar-refractivity contribution < 1.29 is 18.7 Å². The van der Waals surface area contributed by atoms with Crippen LogP contribution in [0, 0.1) is 11.2 Å². The Bertz CT molecular complexity index is 1500. The number of halogens is 1. The van der Waals surface area contributed by atoms with Crippen molar-refractivity contribution in [1.82, 2.24) is 30.2 Å². The summed E-state index contributed by atoms with van der Waals surface area (Å²) in [7, 11) is 0. The molecule has 1 saturated heterocycles. The van der Waals surface area contributed by atoms with Crippen molar-refractivity contribution in [2.45, 2.75) is 57.9 Å². The third kappa shape index (κ3) is 6.32. The van der Waals surface area contributed by atoms with Crippen LogP contribution >= 0.6 is 0 Å². The van der Waals surface area contributed by atoms with E-state index in [1.807, 2.05) is 19.1 Å². The molecule has 42 heavy (non-hydrogen) atoms. The molecule has 3 aromatic heterocycles. The summed E-state index contributed by atoms with van der Waals surface area (Å²) < 4.78 is 25.9. The third-order valence-electron chi connectivity index (χ3n) is 7.74. The standard InChI is InChI=1S/C31H34FN7O3/c1-31(29(40)36-23-7-3-2-4-8-23)18-41-28(42-19-31)27-38-25(21-9-11-22(32)12-10-21)26(39-27)24-13-15-34-30(37-24)35-17-20-6-5-14-33-16-20/h5-6,9-16,23,28H,2-4,7-8,17-19H2,1H3,(H,36,40)(H,38,39)(H,34,35,37). The van der Waals surface area contributed by atoms with E-state index in [0.717, 1.165) is 31.2 Å². The number of nitrogens with one attached hydrogen (secondary N) is 3. The predicted octanol–water partition coefficient (Wildman–Crippen LogP) is 5.18. The predicted molar refractivity (Wildman–Crippen MR) is 154 cm³/mol. The van der Waals surface area contributed by atoms with Gasteiger partial charge in [0.2, 0.25) is 18.1 Å². The lowest BCUT2D eigenvalue weighted by molar-refractivity contribution is -0.231. The second-order valence-electron chi connectivity index (χ2n) is 11.2. The number of amides is 1. The summed E-state index contributed by atoms with van der Waals surface area (Å²) in [5.41, 5.74) is 2.66. The molecule has 1 aliphatic heterocycles. The molecule has 11 heteroatoms. The molecule has 1 saturated carbocycles. The minimum atomic E-state index is -0.807. The summed E-state index contributed by atoms with van der Waals surface area (Å²) in [6.45, 7) is 2.75. The van der Waals surface area contributed by atoms with Crippen LogP contribution in [0.15, 0.2) is 61.1 Å². The van der Waals surface area contributed by atoms with E-state index in [-0.39, 0.29) is 31.0 Å². The highest BCUT2D eigenvalue weighted by Crippen LogP contribution is 2.36. The fraction of sp³-hybridized carbons (Fsp3) is 0.387. The Morgan fingerprint density at radius 2 is 1.83 bits per heavy atom. The summed E-state index contributed by atoms with van der Waals surface area (Å²) >= 11 is 0. The van der Waals surface area contributed by atoms with Crippen molar-refractivity contribution in [2.75, 3.05) is 18.5 Å². The summed E-state index contributed by atoms with van der Waals surface area (Å²) in [6.07, 6.45) is 9.88. The average Bonchev–Trinajstić information content (AvgIpc) is 3.47. The lowest BCUT2D eigenvalue weighted by Crippen LogP contribution is -2.51. The third-order valence-corrected chi connectivity index (χ3v) is 7.74. The van der Waals surface area contributed by atoms with Crippen LogP contribution in [0.4, 0.5) is 10.3 Å². The molecule has 1 amide bonds. The van der Waals surface area contributed by atoms with Crippen LogP contribution in [-0.2, 0) is 20.8 Å². The molecule has 218 valence electrons. The van der Waals surface area contributed by atoms with Crippen LogP contribution < -0.4 is 10.6 Å². The first-order chi connectivity index (χ1) is 20.5. The van der Waals surface area contributed by atoms with Crippen molar-refractivity contribution in [1.29, 1.82) is 0 Å². The Balaban J connectivity index is 1.22. The topological polar surface area (TPSA) is 127 Å². The summed E-state index contributed by atoms with van der Waals surface area (Å²) in [5.74, 6) is 0.474. The van der Waals surface area contributed by atoms with Gasteiger partial charge < -0.3 is 25.1 Å². The molecule has 0 bridgehead atoms. The Morgan fingerprint density at radius 1 is 1.05 bits per heavy atom. The highest BCUT2D eigenvalue weighted by molar-refractivity contribution is 5.83. The van der Waals surface area contributed by atoms with E-state index in [1.165, 1.54) is 18.6 Å². The number of carbonyl (C=O) groups is 1. The molecular formula is C31H34FN7O3. The number of benzene rings is 1. The number of hydrogen-bond donors (Lipinski definition) is 3. The van der Waals surface area contributed by atoms with Gasteiger partial charge in [-0.15, -0.1) is 0 Å². The number of carbonyl (C=O) groups excluding carboxylic acids is 1. The molecule has 2 fully saturated rings. The van der Waals surface area contributed by atoms with Crippen molar-refractivity contribution in [3.8, 4) is 22.6 Å². The van der Waals surface area contributed by atoms with Gasteiger partial charge in [0.25, 0.3) is 0 Å². The molecule has 0 unspecified atom stereocenters. The van der Waals surface area contributed by atoms with E-state index in [0.29, 0.717) is 41.0 Å². The number of aromatic amines is 1. The van der Waals surface area contributed by atoms with Gasteiger partial charge in [0.05, 0.1) is 35.7 Å². The maximum atomic E-state index is 13.8. The molecule has 0 spiro atoms. The number of aromatic nitrogens is 5. The number of anilines is 1. The van der Waals surface area contributed by atoms with Crippen molar-refractivity contribution in [3.63, 3.8) is 0 Å². The monoisotopic (exact) mass is 571 g/mol. The van der Waals surface area contributed by atoms with Crippen molar-refractivity contribution >= 4 is 11.9 Å². The number of nitrogens with zero attached hydrogens (tertiary/aromatic N) is 4.